The number of hydrogen-bond donors (Lipinski definition) is 1. The third-order valence-electron chi connectivity index (χ3n) is 3.19. The van der Waals surface area contributed by atoms with Crippen LogP contribution < -0.4 is 0 Å². The first-order valence-electron chi connectivity index (χ1n) is 6.59. The second-order valence-electron chi connectivity index (χ2n) is 4.70. The average molecular weight is 263 g/mol. The molecule has 0 atom stereocenters. The molecule has 1 aromatic carbocycles. The Bertz CT molecular complexity index is 476. The molecule has 0 fully saturated rings. The van der Waals surface area contributed by atoms with Crippen LogP contribution >= 0.6 is 0 Å². The van der Waals surface area contributed by atoms with Crippen molar-refractivity contribution in [1.82, 2.24) is 4.90 Å². The van der Waals surface area contributed by atoms with Gasteiger partial charge in [-0.1, -0.05) is 19.9 Å². The van der Waals surface area contributed by atoms with Crippen molar-refractivity contribution in [2.75, 3.05) is 13.1 Å². The Morgan fingerprint density at radius 2 is 1.68 bits per heavy atom. The Morgan fingerprint density at radius 3 is 2.11 bits per heavy atom. The molecule has 0 saturated heterocycles. The number of carbonyl (C=O) groups excluding carboxylic acids is 1. The molecule has 1 N–H and O–H groups in total. The Kier molecular flexibility index (Phi) is 5.10. The molecule has 104 valence electrons. The summed E-state index contributed by atoms with van der Waals surface area (Å²) >= 11 is 0. The lowest BCUT2D eigenvalue weighted by atomic mass is 9.91. The second-order valence-corrected chi connectivity index (χ2v) is 4.70. The van der Waals surface area contributed by atoms with Crippen LogP contribution in [0.1, 0.15) is 59.9 Å². The van der Waals surface area contributed by atoms with Gasteiger partial charge in [-0.05, 0) is 37.5 Å². The van der Waals surface area contributed by atoms with Crippen molar-refractivity contribution in [3.63, 3.8) is 0 Å². The standard InChI is InChI=1S/C15H21NO3/c1-5-16(6-2)14(17)11-8-7-9-12(15(18)19)13(11)10(3)4/h7-10H,5-6H2,1-4H3,(H,18,19). The zero-order chi connectivity index (χ0) is 14.6. The minimum absolute atomic E-state index is 0.0122. The van der Waals surface area contributed by atoms with E-state index in [9.17, 15) is 14.7 Å². The third kappa shape index (κ3) is 3.13. The summed E-state index contributed by atoms with van der Waals surface area (Å²) in [5, 5.41) is 9.25. The van der Waals surface area contributed by atoms with Gasteiger partial charge in [-0.3, -0.25) is 4.79 Å². The van der Waals surface area contributed by atoms with Gasteiger partial charge in [0, 0.05) is 18.7 Å². The van der Waals surface area contributed by atoms with Crippen molar-refractivity contribution in [1.29, 1.82) is 0 Å². The molecule has 1 amide bonds. The first kappa shape index (κ1) is 15.2. The molecule has 0 aromatic heterocycles. The van der Waals surface area contributed by atoms with E-state index in [4.69, 9.17) is 0 Å². The highest BCUT2D eigenvalue weighted by Gasteiger charge is 2.22. The van der Waals surface area contributed by atoms with Gasteiger partial charge in [-0.15, -0.1) is 0 Å². The smallest absolute Gasteiger partial charge is 0.335 e. The molecule has 0 spiro atoms. The fourth-order valence-electron chi connectivity index (χ4n) is 2.24. The zero-order valence-corrected chi connectivity index (χ0v) is 11.9. The van der Waals surface area contributed by atoms with E-state index in [0.29, 0.717) is 24.2 Å². The summed E-state index contributed by atoms with van der Waals surface area (Å²) in [6.07, 6.45) is 0. The van der Waals surface area contributed by atoms with Crippen LogP contribution in [0.25, 0.3) is 0 Å². The van der Waals surface area contributed by atoms with Gasteiger partial charge >= 0.3 is 5.97 Å². The number of rotatable bonds is 5. The predicted octanol–water partition coefficient (Wildman–Crippen LogP) is 2.99. The van der Waals surface area contributed by atoms with Gasteiger partial charge in [0.25, 0.3) is 5.91 Å². The van der Waals surface area contributed by atoms with Gasteiger partial charge in [0.1, 0.15) is 0 Å². The summed E-state index contributed by atoms with van der Waals surface area (Å²) in [4.78, 5) is 25.4. The molecule has 0 unspecified atom stereocenters. The molecule has 1 rings (SSSR count). The van der Waals surface area contributed by atoms with Crippen molar-refractivity contribution in [3.8, 4) is 0 Å². The van der Waals surface area contributed by atoms with Crippen LogP contribution in [0, 0.1) is 0 Å². The first-order valence-corrected chi connectivity index (χ1v) is 6.59. The highest BCUT2D eigenvalue weighted by Crippen LogP contribution is 2.25. The molecule has 0 bridgehead atoms. The summed E-state index contributed by atoms with van der Waals surface area (Å²) in [7, 11) is 0. The molecule has 4 nitrogen and oxygen atoms in total. The van der Waals surface area contributed by atoms with Crippen LogP contribution in [0.3, 0.4) is 0 Å². The Hall–Kier alpha value is -1.84. The molecular formula is C15H21NO3. The maximum atomic E-state index is 12.4. The van der Waals surface area contributed by atoms with Crippen molar-refractivity contribution in [3.05, 3.63) is 34.9 Å². The molecule has 0 aliphatic carbocycles. The van der Waals surface area contributed by atoms with Gasteiger partial charge in [0.15, 0.2) is 0 Å². The van der Waals surface area contributed by atoms with Gasteiger partial charge in [0.05, 0.1) is 5.56 Å². The Morgan fingerprint density at radius 1 is 1.16 bits per heavy atom. The molecule has 0 saturated carbocycles. The maximum absolute atomic E-state index is 12.4. The Labute approximate surface area is 114 Å². The topological polar surface area (TPSA) is 57.6 Å². The quantitative estimate of drug-likeness (QED) is 0.888. The lowest BCUT2D eigenvalue weighted by Crippen LogP contribution is -2.31. The highest BCUT2D eigenvalue weighted by molar-refractivity contribution is 6.00. The number of carbonyl (C=O) groups is 2. The van der Waals surface area contributed by atoms with Gasteiger partial charge in [0.2, 0.25) is 0 Å². The van der Waals surface area contributed by atoms with E-state index in [1.165, 1.54) is 0 Å². The fourth-order valence-corrected chi connectivity index (χ4v) is 2.24. The lowest BCUT2D eigenvalue weighted by Gasteiger charge is -2.22. The van der Waals surface area contributed by atoms with Crippen molar-refractivity contribution >= 4 is 11.9 Å². The Balaban J connectivity index is 3.39. The van der Waals surface area contributed by atoms with E-state index in [2.05, 4.69) is 0 Å². The van der Waals surface area contributed by atoms with Crippen LogP contribution in [-0.4, -0.2) is 35.0 Å². The first-order chi connectivity index (χ1) is 8.93. The minimum atomic E-state index is -0.988. The van der Waals surface area contributed by atoms with E-state index in [1.807, 2.05) is 27.7 Å². The average Bonchev–Trinajstić information content (AvgIpc) is 2.38. The number of aromatic carboxylic acids is 1. The molecule has 19 heavy (non-hydrogen) atoms. The predicted molar refractivity (Wildman–Crippen MR) is 74.7 cm³/mol. The van der Waals surface area contributed by atoms with Crippen LogP contribution in [0.2, 0.25) is 0 Å². The van der Waals surface area contributed by atoms with E-state index < -0.39 is 5.97 Å². The monoisotopic (exact) mass is 263 g/mol. The SMILES string of the molecule is CCN(CC)C(=O)c1cccc(C(=O)O)c1C(C)C. The number of amides is 1. The summed E-state index contributed by atoms with van der Waals surface area (Å²) in [6.45, 7) is 8.87. The molecule has 0 aliphatic heterocycles. The van der Waals surface area contributed by atoms with Crippen molar-refractivity contribution in [2.24, 2.45) is 0 Å². The molecular weight excluding hydrogens is 242 g/mol. The largest absolute Gasteiger partial charge is 0.478 e. The van der Waals surface area contributed by atoms with E-state index >= 15 is 0 Å². The molecule has 4 heteroatoms. The van der Waals surface area contributed by atoms with Gasteiger partial charge in [-0.25, -0.2) is 4.79 Å². The summed E-state index contributed by atoms with van der Waals surface area (Å²) < 4.78 is 0. The summed E-state index contributed by atoms with van der Waals surface area (Å²) in [5.74, 6) is -1.10. The normalized spacial score (nSPS) is 10.6. The number of benzene rings is 1. The minimum Gasteiger partial charge on any atom is -0.478 e. The maximum Gasteiger partial charge on any atom is 0.335 e. The number of nitrogens with zero attached hydrogens (tertiary/aromatic N) is 1. The molecule has 0 radical (unpaired) electrons. The number of carboxylic acids is 1. The summed E-state index contributed by atoms with van der Waals surface area (Å²) in [5.41, 5.74) is 1.33. The van der Waals surface area contributed by atoms with E-state index in [1.54, 1.807) is 23.1 Å². The van der Waals surface area contributed by atoms with Crippen molar-refractivity contribution < 1.29 is 14.7 Å². The van der Waals surface area contributed by atoms with Crippen LogP contribution in [0.4, 0.5) is 0 Å². The van der Waals surface area contributed by atoms with Gasteiger partial charge < -0.3 is 10.0 Å². The van der Waals surface area contributed by atoms with Crippen LogP contribution in [-0.2, 0) is 0 Å². The van der Waals surface area contributed by atoms with Crippen LogP contribution in [0.15, 0.2) is 18.2 Å². The molecule has 1 aromatic rings. The second kappa shape index (κ2) is 6.36. The number of hydrogen-bond acceptors (Lipinski definition) is 2. The van der Waals surface area contributed by atoms with E-state index in [0.717, 1.165) is 0 Å². The summed E-state index contributed by atoms with van der Waals surface area (Å²) in [6, 6.07) is 4.89. The van der Waals surface area contributed by atoms with Crippen LogP contribution in [0.5, 0.6) is 0 Å². The fraction of sp³-hybridized carbons (Fsp3) is 0.467. The number of carboxylic acid groups (broad SMARTS) is 1. The van der Waals surface area contributed by atoms with Crippen molar-refractivity contribution in [2.45, 2.75) is 33.6 Å². The zero-order valence-electron chi connectivity index (χ0n) is 11.9. The highest BCUT2D eigenvalue weighted by atomic mass is 16.4. The molecule has 0 heterocycles. The molecule has 0 aliphatic rings. The van der Waals surface area contributed by atoms with E-state index in [-0.39, 0.29) is 17.4 Å². The van der Waals surface area contributed by atoms with Gasteiger partial charge in [-0.2, -0.15) is 0 Å². The third-order valence-corrected chi connectivity index (χ3v) is 3.19. The lowest BCUT2D eigenvalue weighted by molar-refractivity contribution is 0.0695.